The van der Waals surface area contributed by atoms with Crippen LogP contribution in [0.15, 0.2) is 0 Å². The predicted octanol–water partition coefficient (Wildman–Crippen LogP) is 0.676. The molecule has 86 valence electrons. The van der Waals surface area contributed by atoms with Crippen LogP contribution in [0.5, 0.6) is 0 Å². The Morgan fingerprint density at radius 3 is 2.73 bits per heavy atom. The molecule has 1 aliphatic carbocycles. The van der Waals surface area contributed by atoms with Gasteiger partial charge in [0.1, 0.15) is 5.54 Å². The molecule has 0 aromatic rings. The van der Waals surface area contributed by atoms with Gasteiger partial charge in [0.25, 0.3) is 0 Å². The monoisotopic (exact) mass is 212 g/mol. The summed E-state index contributed by atoms with van der Waals surface area (Å²) in [5.41, 5.74) is -0.698. The Morgan fingerprint density at radius 1 is 1.60 bits per heavy atom. The molecule has 0 spiro atoms. The Kier molecular flexibility index (Phi) is 2.73. The molecule has 2 atom stereocenters. The fourth-order valence-corrected chi connectivity index (χ4v) is 2.75. The van der Waals surface area contributed by atoms with Gasteiger partial charge in [0.05, 0.1) is 0 Å². The second-order valence-corrected chi connectivity index (χ2v) is 4.87. The van der Waals surface area contributed by atoms with Crippen molar-refractivity contribution in [1.82, 2.24) is 10.2 Å². The second-order valence-electron chi connectivity index (χ2n) is 4.87. The maximum absolute atomic E-state index is 11.4. The molecule has 15 heavy (non-hydrogen) atoms. The zero-order valence-corrected chi connectivity index (χ0v) is 9.49. The molecule has 1 saturated heterocycles. The van der Waals surface area contributed by atoms with Gasteiger partial charge in [0.15, 0.2) is 0 Å². The highest BCUT2D eigenvalue weighted by Gasteiger charge is 2.50. The first-order valence-electron chi connectivity index (χ1n) is 5.83. The number of hydrogen-bond donors (Lipinski definition) is 2. The molecule has 4 heteroatoms. The van der Waals surface area contributed by atoms with E-state index in [2.05, 4.69) is 17.1 Å². The molecule has 0 aromatic heterocycles. The van der Waals surface area contributed by atoms with E-state index in [1.807, 2.05) is 6.92 Å². The van der Waals surface area contributed by atoms with Crippen LogP contribution in [0.2, 0.25) is 0 Å². The van der Waals surface area contributed by atoms with Crippen molar-refractivity contribution in [2.75, 3.05) is 13.1 Å². The lowest BCUT2D eigenvalue weighted by molar-refractivity contribution is -0.144. The molecule has 4 nitrogen and oxygen atoms in total. The topological polar surface area (TPSA) is 52.6 Å². The summed E-state index contributed by atoms with van der Waals surface area (Å²) < 4.78 is 0. The van der Waals surface area contributed by atoms with E-state index in [4.69, 9.17) is 0 Å². The molecule has 0 amide bonds. The van der Waals surface area contributed by atoms with Crippen LogP contribution in [0, 0.1) is 0 Å². The van der Waals surface area contributed by atoms with Gasteiger partial charge in [-0.3, -0.25) is 9.69 Å². The maximum atomic E-state index is 11.4. The van der Waals surface area contributed by atoms with Crippen molar-refractivity contribution in [1.29, 1.82) is 0 Å². The smallest absolute Gasteiger partial charge is 0.325 e. The van der Waals surface area contributed by atoms with Gasteiger partial charge in [-0.05, 0) is 32.7 Å². The lowest BCUT2D eigenvalue weighted by Crippen LogP contribution is -2.54. The van der Waals surface area contributed by atoms with Gasteiger partial charge in [0, 0.05) is 18.6 Å². The largest absolute Gasteiger partial charge is 0.480 e. The molecule has 2 aliphatic rings. The van der Waals surface area contributed by atoms with Crippen LogP contribution in [0.4, 0.5) is 0 Å². The Morgan fingerprint density at radius 2 is 2.27 bits per heavy atom. The molecule has 2 unspecified atom stereocenters. The summed E-state index contributed by atoms with van der Waals surface area (Å²) in [6, 6.07) is 1.05. The molecule has 0 radical (unpaired) electrons. The Bertz CT molecular complexity index is 265. The highest BCUT2D eigenvalue weighted by molar-refractivity contribution is 5.79. The van der Waals surface area contributed by atoms with Crippen molar-refractivity contribution in [2.45, 2.75) is 50.7 Å². The van der Waals surface area contributed by atoms with E-state index >= 15 is 0 Å². The average Bonchev–Trinajstić information content (AvgIpc) is 2.93. The molecule has 0 aromatic carbocycles. The van der Waals surface area contributed by atoms with Crippen LogP contribution in [-0.2, 0) is 4.79 Å². The fraction of sp³-hybridized carbons (Fsp3) is 0.909. The van der Waals surface area contributed by atoms with Gasteiger partial charge in [-0.2, -0.15) is 0 Å². The van der Waals surface area contributed by atoms with E-state index in [1.54, 1.807) is 0 Å². The summed E-state index contributed by atoms with van der Waals surface area (Å²) >= 11 is 0. The number of carboxylic acids is 1. The van der Waals surface area contributed by atoms with Gasteiger partial charge in [-0.25, -0.2) is 0 Å². The zero-order chi connectivity index (χ0) is 11.1. The predicted molar refractivity (Wildman–Crippen MR) is 57.9 cm³/mol. The maximum Gasteiger partial charge on any atom is 0.325 e. The number of rotatable bonds is 4. The number of carbonyl (C=O) groups is 1. The van der Waals surface area contributed by atoms with Crippen LogP contribution in [0.25, 0.3) is 0 Å². The van der Waals surface area contributed by atoms with Crippen molar-refractivity contribution in [2.24, 2.45) is 0 Å². The molecule has 0 bridgehead atoms. The molecule has 1 saturated carbocycles. The molecule has 2 rings (SSSR count). The van der Waals surface area contributed by atoms with E-state index in [1.165, 1.54) is 12.8 Å². The van der Waals surface area contributed by atoms with Crippen LogP contribution < -0.4 is 5.32 Å². The number of aliphatic carboxylic acids is 1. The van der Waals surface area contributed by atoms with Crippen LogP contribution >= 0.6 is 0 Å². The third kappa shape index (κ3) is 1.88. The lowest BCUT2D eigenvalue weighted by atomic mass is 9.96. The minimum absolute atomic E-state index is 0.396. The summed E-state index contributed by atoms with van der Waals surface area (Å²) in [5, 5.41) is 12.5. The van der Waals surface area contributed by atoms with E-state index < -0.39 is 11.5 Å². The van der Waals surface area contributed by atoms with Crippen molar-refractivity contribution in [3.63, 3.8) is 0 Å². The van der Waals surface area contributed by atoms with Gasteiger partial charge < -0.3 is 10.4 Å². The fourth-order valence-electron chi connectivity index (χ4n) is 2.75. The molecule has 2 fully saturated rings. The van der Waals surface area contributed by atoms with E-state index in [-0.39, 0.29) is 0 Å². The number of carboxylic acid groups (broad SMARTS) is 1. The van der Waals surface area contributed by atoms with Crippen LogP contribution in [-0.4, -0.2) is 46.7 Å². The van der Waals surface area contributed by atoms with Crippen molar-refractivity contribution >= 4 is 5.97 Å². The van der Waals surface area contributed by atoms with Crippen LogP contribution in [0.1, 0.15) is 33.1 Å². The number of nitrogens with zero attached hydrogens (tertiary/aromatic N) is 1. The van der Waals surface area contributed by atoms with Crippen molar-refractivity contribution in [3.8, 4) is 0 Å². The third-order valence-electron chi connectivity index (χ3n) is 3.60. The first-order valence-corrected chi connectivity index (χ1v) is 5.83. The molecular formula is C11H20N2O2. The zero-order valence-electron chi connectivity index (χ0n) is 9.49. The van der Waals surface area contributed by atoms with Crippen molar-refractivity contribution < 1.29 is 9.90 Å². The number of likely N-dealkylation sites (tertiary alicyclic amines) is 1. The number of likely N-dealkylation sites (N-methyl/N-ethyl adjacent to an activating group) is 1. The average molecular weight is 212 g/mol. The summed E-state index contributed by atoms with van der Waals surface area (Å²) in [5.74, 6) is -0.695. The standard InChI is InChI=1S/C11H20N2O2/c1-3-12-11(10(14)15)6-8(2)13(7-11)9-4-5-9/h8-9,12H,3-7H2,1-2H3,(H,14,15). The number of hydrogen-bond acceptors (Lipinski definition) is 3. The number of nitrogens with one attached hydrogen (secondary N) is 1. The summed E-state index contributed by atoms with van der Waals surface area (Å²) in [6.07, 6.45) is 3.21. The molecular weight excluding hydrogens is 192 g/mol. The van der Waals surface area contributed by atoms with Crippen LogP contribution in [0.3, 0.4) is 0 Å². The first-order chi connectivity index (χ1) is 7.09. The van der Waals surface area contributed by atoms with E-state index in [0.29, 0.717) is 18.6 Å². The van der Waals surface area contributed by atoms with Gasteiger partial charge in [-0.15, -0.1) is 0 Å². The Labute approximate surface area is 90.6 Å². The minimum atomic E-state index is -0.698. The summed E-state index contributed by atoms with van der Waals surface area (Å²) in [7, 11) is 0. The molecule has 1 aliphatic heterocycles. The lowest BCUT2D eigenvalue weighted by Gasteiger charge is -2.25. The normalized spacial score (nSPS) is 37.1. The van der Waals surface area contributed by atoms with E-state index in [0.717, 1.165) is 13.0 Å². The second kappa shape index (κ2) is 3.76. The Hall–Kier alpha value is -0.610. The highest BCUT2D eigenvalue weighted by atomic mass is 16.4. The minimum Gasteiger partial charge on any atom is -0.480 e. The Balaban J connectivity index is 2.10. The third-order valence-corrected chi connectivity index (χ3v) is 3.60. The summed E-state index contributed by atoms with van der Waals surface area (Å²) in [6.45, 7) is 5.50. The van der Waals surface area contributed by atoms with Gasteiger partial charge >= 0.3 is 5.97 Å². The first kappa shape index (κ1) is 10.9. The van der Waals surface area contributed by atoms with Gasteiger partial charge in [0.2, 0.25) is 0 Å². The quantitative estimate of drug-likeness (QED) is 0.719. The van der Waals surface area contributed by atoms with E-state index in [9.17, 15) is 9.90 Å². The molecule has 1 heterocycles. The molecule has 2 N–H and O–H groups in total. The SMILES string of the molecule is CCNC1(C(=O)O)CC(C)N(C2CC2)C1. The van der Waals surface area contributed by atoms with Gasteiger partial charge in [-0.1, -0.05) is 6.92 Å². The summed E-state index contributed by atoms with van der Waals surface area (Å²) in [4.78, 5) is 13.7. The van der Waals surface area contributed by atoms with Crippen molar-refractivity contribution in [3.05, 3.63) is 0 Å². The highest BCUT2D eigenvalue weighted by Crippen LogP contribution is 2.37.